The zero-order chi connectivity index (χ0) is 28.2. The number of hydrogen-bond donors (Lipinski definition) is 2. The number of rotatable bonds is 8. The van der Waals surface area contributed by atoms with E-state index in [1.165, 1.54) is 18.3 Å². The maximum atomic E-state index is 13.2. The van der Waals surface area contributed by atoms with Crippen LogP contribution < -0.4 is 10.6 Å². The molecule has 1 atom stereocenters. The molecule has 1 saturated heterocycles. The lowest BCUT2D eigenvalue weighted by Crippen LogP contribution is -2.55. The monoisotopic (exact) mass is 559 g/mol. The average molecular weight is 560 g/mol. The second-order valence-electron chi connectivity index (χ2n) is 9.75. The van der Waals surface area contributed by atoms with Crippen molar-refractivity contribution in [1.29, 1.82) is 0 Å². The van der Waals surface area contributed by atoms with Crippen molar-refractivity contribution in [3.8, 4) is 0 Å². The first-order valence-electron chi connectivity index (χ1n) is 12.7. The van der Waals surface area contributed by atoms with Crippen LogP contribution in [0.1, 0.15) is 31.2 Å². The van der Waals surface area contributed by atoms with E-state index >= 15 is 0 Å². The molecule has 1 aromatic carbocycles. The molecule has 0 aromatic heterocycles. The van der Waals surface area contributed by atoms with E-state index < -0.39 is 28.8 Å². The Kier molecular flexibility index (Phi) is 9.05. The lowest BCUT2D eigenvalue weighted by atomic mass is 9.92. The molecule has 9 nitrogen and oxygen atoms in total. The van der Waals surface area contributed by atoms with Crippen LogP contribution in [0.3, 0.4) is 0 Å². The minimum atomic E-state index is -4.84. The third-order valence-electron chi connectivity index (χ3n) is 7.19. The molecule has 1 amide bonds. The topological polar surface area (TPSA) is 100.0 Å². The normalized spacial score (nSPS) is 24.3. The van der Waals surface area contributed by atoms with Crippen LogP contribution in [0.25, 0.3) is 0 Å². The largest absolute Gasteiger partial charge is 0.423 e. The molecule has 2 aliphatic heterocycles. The van der Waals surface area contributed by atoms with E-state index in [1.807, 2.05) is 0 Å². The van der Waals surface area contributed by atoms with Gasteiger partial charge in [0.2, 0.25) is 5.91 Å². The van der Waals surface area contributed by atoms with Crippen LogP contribution >= 0.6 is 0 Å². The first kappa shape index (κ1) is 28.7. The van der Waals surface area contributed by atoms with E-state index in [2.05, 4.69) is 15.5 Å². The summed E-state index contributed by atoms with van der Waals surface area (Å²) >= 11 is 0. The van der Waals surface area contributed by atoms with Gasteiger partial charge in [-0.25, -0.2) is 8.78 Å². The Hall–Kier alpha value is -3.26. The third kappa shape index (κ3) is 7.44. The van der Waals surface area contributed by atoms with Gasteiger partial charge in [0.25, 0.3) is 12.1 Å². The van der Waals surface area contributed by atoms with Gasteiger partial charge < -0.3 is 20.3 Å². The number of ether oxygens (including phenoxy) is 1. The molecule has 0 bridgehead atoms. The molecule has 3 aliphatic rings. The summed E-state index contributed by atoms with van der Waals surface area (Å²) in [5, 5.41) is 16.9. The summed E-state index contributed by atoms with van der Waals surface area (Å²) in [6.07, 6.45) is -0.854. The fraction of sp³-hybridized carbons (Fsp3) is 0.560. The zero-order valence-electron chi connectivity index (χ0n) is 21.0. The molecule has 14 heteroatoms. The van der Waals surface area contributed by atoms with Gasteiger partial charge >= 0.3 is 6.18 Å². The van der Waals surface area contributed by atoms with Crippen molar-refractivity contribution in [3.05, 3.63) is 57.8 Å². The Bertz CT molecular complexity index is 1100. The number of piperazine rings is 1. The maximum Gasteiger partial charge on any atom is 0.423 e. The molecule has 214 valence electrons. The number of nitrogens with one attached hydrogen (secondary N) is 2. The standard InChI is InChI=1S/C25H30F5N5O4/c26-24(27)16-1-8-22(31-14-16)33-9-11-34(12-10-33)23(36)15-39-19-5-2-17(3-6-19)32-18-4-7-21(35(37)38)20(13-18)25(28,29)30/h1,4,7-8,13-14,17,19,22,24,31-32H,2-3,5-6,9-12,15H2. The SMILES string of the molecule is O=C(COC1CCC(Nc2ccc([N+](=O)[O-])c(C(F)(F)F)c2)CC1)N1CCN(C2C=CC(C(F)F)=CN2)CC1. The second kappa shape index (κ2) is 12.3. The van der Waals surface area contributed by atoms with Crippen molar-refractivity contribution in [2.45, 2.75) is 56.6 Å². The number of hydrogen-bond acceptors (Lipinski definition) is 7. The van der Waals surface area contributed by atoms with Crippen molar-refractivity contribution < 1.29 is 36.4 Å². The number of amides is 1. The van der Waals surface area contributed by atoms with E-state index in [0.717, 1.165) is 12.1 Å². The highest BCUT2D eigenvalue weighted by Gasteiger charge is 2.38. The van der Waals surface area contributed by atoms with Crippen molar-refractivity contribution in [1.82, 2.24) is 15.1 Å². The summed E-state index contributed by atoms with van der Waals surface area (Å²) in [5.41, 5.74) is -2.18. The van der Waals surface area contributed by atoms with E-state index in [4.69, 9.17) is 4.74 Å². The van der Waals surface area contributed by atoms with Gasteiger partial charge in [-0.3, -0.25) is 19.8 Å². The number of benzene rings is 1. The predicted molar refractivity (Wildman–Crippen MR) is 132 cm³/mol. The smallest absolute Gasteiger partial charge is 0.382 e. The van der Waals surface area contributed by atoms with Crippen LogP contribution in [0.2, 0.25) is 0 Å². The number of nitro groups is 1. The predicted octanol–water partition coefficient (Wildman–Crippen LogP) is 4.13. The summed E-state index contributed by atoms with van der Waals surface area (Å²) in [4.78, 5) is 26.3. The Morgan fingerprint density at radius 2 is 1.85 bits per heavy atom. The average Bonchev–Trinajstić information content (AvgIpc) is 2.92. The van der Waals surface area contributed by atoms with Crippen LogP contribution in [0, 0.1) is 10.1 Å². The second-order valence-corrected chi connectivity index (χ2v) is 9.75. The molecule has 2 fully saturated rings. The first-order chi connectivity index (χ1) is 18.5. The van der Waals surface area contributed by atoms with Gasteiger partial charge in [-0.15, -0.1) is 0 Å². The lowest BCUT2D eigenvalue weighted by molar-refractivity contribution is -0.388. The molecular weight excluding hydrogens is 529 g/mol. The van der Waals surface area contributed by atoms with Crippen LogP contribution in [0.5, 0.6) is 0 Å². The van der Waals surface area contributed by atoms with Crippen molar-refractivity contribution >= 4 is 17.3 Å². The van der Waals surface area contributed by atoms with Crippen molar-refractivity contribution in [2.24, 2.45) is 0 Å². The fourth-order valence-corrected chi connectivity index (χ4v) is 5.00. The molecule has 1 aliphatic carbocycles. The molecule has 39 heavy (non-hydrogen) atoms. The van der Waals surface area contributed by atoms with Gasteiger partial charge in [0, 0.05) is 55.7 Å². The maximum absolute atomic E-state index is 13.2. The Morgan fingerprint density at radius 3 is 2.41 bits per heavy atom. The Balaban J connectivity index is 1.17. The zero-order valence-corrected chi connectivity index (χ0v) is 21.0. The highest BCUT2D eigenvalue weighted by Crippen LogP contribution is 2.38. The van der Waals surface area contributed by atoms with Gasteiger partial charge in [-0.1, -0.05) is 6.08 Å². The van der Waals surface area contributed by atoms with Gasteiger partial charge in [0.1, 0.15) is 12.2 Å². The number of nitrogens with zero attached hydrogens (tertiary/aromatic N) is 3. The molecule has 0 spiro atoms. The van der Waals surface area contributed by atoms with Gasteiger partial charge in [-0.05, 0) is 43.9 Å². The molecule has 2 heterocycles. The fourth-order valence-electron chi connectivity index (χ4n) is 5.00. The van der Waals surface area contributed by atoms with Crippen LogP contribution in [-0.2, 0) is 15.7 Å². The summed E-state index contributed by atoms with van der Waals surface area (Å²) in [6, 6.07) is 2.77. The Morgan fingerprint density at radius 1 is 1.15 bits per heavy atom. The minimum absolute atomic E-state index is 0.0658. The van der Waals surface area contributed by atoms with Gasteiger partial charge in [-0.2, -0.15) is 13.2 Å². The number of halogens is 5. The third-order valence-corrected chi connectivity index (χ3v) is 7.19. The highest BCUT2D eigenvalue weighted by molar-refractivity contribution is 5.77. The van der Waals surface area contributed by atoms with Crippen molar-refractivity contribution in [3.63, 3.8) is 0 Å². The van der Waals surface area contributed by atoms with Crippen molar-refractivity contribution in [2.75, 3.05) is 38.1 Å². The molecule has 1 saturated carbocycles. The molecular formula is C25H30F5N5O4. The van der Waals surface area contributed by atoms with E-state index in [0.29, 0.717) is 51.9 Å². The number of carbonyl (C=O) groups is 1. The Labute approximate surface area is 221 Å². The molecule has 4 rings (SSSR count). The summed E-state index contributed by atoms with van der Waals surface area (Å²) in [6.45, 7) is 2.08. The lowest BCUT2D eigenvalue weighted by Gasteiger charge is -2.39. The molecule has 1 aromatic rings. The summed E-state index contributed by atoms with van der Waals surface area (Å²) in [7, 11) is 0. The molecule has 2 N–H and O–H groups in total. The van der Waals surface area contributed by atoms with Crippen LogP contribution in [0.4, 0.5) is 33.3 Å². The van der Waals surface area contributed by atoms with Gasteiger partial charge in [0.15, 0.2) is 0 Å². The van der Waals surface area contributed by atoms with E-state index in [1.54, 1.807) is 11.0 Å². The molecule has 1 unspecified atom stereocenters. The quantitative estimate of drug-likeness (QED) is 0.281. The number of anilines is 1. The minimum Gasteiger partial charge on any atom is -0.382 e. The molecule has 0 radical (unpaired) electrons. The van der Waals surface area contributed by atoms with Gasteiger partial charge in [0.05, 0.1) is 17.2 Å². The number of allylic oxidation sites excluding steroid dienone is 2. The highest BCUT2D eigenvalue weighted by atomic mass is 19.4. The summed E-state index contributed by atoms with van der Waals surface area (Å²) in [5.74, 6) is -0.132. The van der Waals surface area contributed by atoms with E-state index in [-0.39, 0.29) is 42.1 Å². The summed E-state index contributed by atoms with van der Waals surface area (Å²) < 4.78 is 71.0. The number of carbonyl (C=O) groups excluding carboxylic acids is 1. The van der Waals surface area contributed by atoms with Crippen LogP contribution in [0.15, 0.2) is 42.1 Å². The first-order valence-corrected chi connectivity index (χ1v) is 12.7. The van der Waals surface area contributed by atoms with E-state index in [9.17, 15) is 36.9 Å². The number of dihydropyridines is 1. The number of alkyl halides is 5. The number of nitro benzene ring substituents is 1. The van der Waals surface area contributed by atoms with Crippen LogP contribution in [-0.4, -0.2) is 78.2 Å².